The van der Waals surface area contributed by atoms with E-state index in [4.69, 9.17) is 13.9 Å². The maximum atomic E-state index is 7.16. The molecule has 0 saturated heterocycles. The Hall–Kier alpha value is -6.24. The fraction of sp³-hybridized carbons (Fsp3) is 0.154. The number of rotatable bonds is 1. The van der Waals surface area contributed by atoms with Crippen molar-refractivity contribution in [3.63, 3.8) is 0 Å². The van der Waals surface area contributed by atoms with Crippen molar-refractivity contribution in [2.75, 3.05) is 0 Å². The molecule has 4 nitrogen and oxygen atoms in total. The molecule has 6 heteroatoms. The van der Waals surface area contributed by atoms with Crippen molar-refractivity contribution < 1.29 is 13.9 Å². The Morgan fingerprint density at radius 2 is 1.41 bits per heavy atom. The normalized spacial score (nSPS) is 14.8. The summed E-state index contributed by atoms with van der Waals surface area (Å²) in [5, 5.41) is 5.72. The molecule has 1 aliphatic carbocycles. The van der Waals surface area contributed by atoms with E-state index in [2.05, 4.69) is 167 Å². The van der Waals surface area contributed by atoms with E-state index < -0.39 is 0 Å². The zero-order valence-corrected chi connectivity index (χ0v) is 34.0. The minimum atomic E-state index is -0.111. The lowest BCUT2D eigenvalue weighted by atomic mass is 9.37. The van der Waals surface area contributed by atoms with E-state index in [9.17, 15) is 0 Å². The van der Waals surface area contributed by atoms with Gasteiger partial charge in [0.25, 0.3) is 6.71 Å². The highest BCUT2D eigenvalue weighted by atomic mass is 32.1. The van der Waals surface area contributed by atoms with E-state index in [0.29, 0.717) is 0 Å². The number of thiophene rings is 1. The van der Waals surface area contributed by atoms with Gasteiger partial charge in [0.2, 0.25) is 0 Å². The SMILES string of the molecule is Cc1cc2c3c(c1)Oc1c(cc(-n4c5ccccc5c5c6c(ccc54)C(C)(C)c4ccccc4-6)c4oc5ccccc5c14)B3c1sc3ccc(C(C)(C)C)cc3c1O2. The summed E-state index contributed by atoms with van der Waals surface area (Å²) in [6, 6.07) is 44.6. The highest BCUT2D eigenvalue weighted by molar-refractivity contribution is 7.33. The summed E-state index contributed by atoms with van der Waals surface area (Å²) in [5.41, 5.74) is 14.9. The largest absolute Gasteiger partial charge is 0.457 e. The first kappa shape index (κ1) is 32.8. The number of hydrogen-bond donors (Lipinski definition) is 0. The maximum Gasteiger partial charge on any atom is 0.273 e. The Bertz CT molecular complexity index is 3500. The van der Waals surface area contributed by atoms with Gasteiger partial charge in [-0.3, -0.25) is 0 Å². The van der Waals surface area contributed by atoms with Crippen LogP contribution >= 0.6 is 11.3 Å². The average molecular weight is 768 g/mol. The van der Waals surface area contributed by atoms with E-state index in [-0.39, 0.29) is 17.5 Å². The monoisotopic (exact) mass is 767 g/mol. The molecule has 0 amide bonds. The zero-order valence-electron chi connectivity index (χ0n) is 33.2. The van der Waals surface area contributed by atoms with Gasteiger partial charge in [0.1, 0.15) is 28.6 Å². The molecule has 0 spiro atoms. The Kier molecular flexibility index (Phi) is 6.12. The second-order valence-electron chi connectivity index (χ2n) is 18.1. The third kappa shape index (κ3) is 4.06. The summed E-state index contributed by atoms with van der Waals surface area (Å²) in [5.74, 6) is 3.53. The molecule has 0 unspecified atom stereocenters. The minimum Gasteiger partial charge on any atom is -0.457 e. The van der Waals surface area contributed by atoms with Crippen LogP contribution in [-0.2, 0) is 10.8 Å². The fourth-order valence-electron chi connectivity index (χ4n) is 10.6. The van der Waals surface area contributed by atoms with Crippen molar-refractivity contribution in [3.8, 4) is 39.8 Å². The van der Waals surface area contributed by atoms with Crippen LogP contribution in [-0.4, -0.2) is 11.3 Å². The van der Waals surface area contributed by atoms with Gasteiger partial charge in [-0.15, -0.1) is 11.3 Å². The summed E-state index contributed by atoms with van der Waals surface area (Å²) in [7, 11) is 0. The molecule has 58 heavy (non-hydrogen) atoms. The molecule has 13 rings (SSSR count). The summed E-state index contributed by atoms with van der Waals surface area (Å²) in [6.07, 6.45) is 0. The van der Waals surface area contributed by atoms with E-state index in [1.165, 1.54) is 53.5 Å². The molecule has 2 aliphatic heterocycles. The maximum absolute atomic E-state index is 7.16. The lowest BCUT2D eigenvalue weighted by molar-refractivity contribution is 0.470. The number of benzene rings is 7. The Morgan fingerprint density at radius 3 is 2.24 bits per heavy atom. The van der Waals surface area contributed by atoms with E-state index >= 15 is 0 Å². The first-order chi connectivity index (χ1) is 28.1. The number of para-hydroxylation sites is 2. The van der Waals surface area contributed by atoms with Crippen LogP contribution in [0.15, 0.2) is 126 Å². The molecule has 0 fully saturated rings. The molecule has 0 N–H and O–H groups in total. The highest BCUT2D eigenvalue weighted by Crippen LogP contribution is 2.54. The minimum absolute atomic E-state index is 0.00767. The third-order valence-electron chi connectivity index (χ3n) is 13.3. The smallest absolute Gasteiger partial charge is 0.273 e. The number of hydrogen-bond acceptors (Lipinski definition) is 4. The molecule has 0 radical (unpaired) electrons. The van der Waals surface area contributed by atoms with Crippen LogP contribution in [0.4, 0.5) is 0 Å². The molecule has 0 atom stereocenters. The van der Waals surface area contributed by atoms with Gasteiger partial charge in [-0.2, -0.15) is 0 Å². The molecule has 278 valence electrons. The summed E-state index contributed by atoms with van der Waals surface area (Å²) < 4.78 is 26.1. The van der Waals surface area contributed by atoms with Gasteiger partial charge in [-0.1, -0.05) is 107 Å². The predicted molar refractivity (Wildman–Crippen MR) is 242 cm³/mol. The molecular weight excluding hydrogens is 729 g/mol. The zero-order chi connectivity index (χ0) is 39.0. The van der Waals surface area contributed by atoms with Crippen molar-refractivity contribution in [1.82, 2.24) is 4.57 Å². The second kappa shape index (κ2) is 10.8. The van der Waals surface area contributed by atoms with Crippen molar-refractivity contribution in [2.24, 2.45) is 0 Å². The first-order valence-electron chi connectivity index (χ1n) is 20.3. The van der Waals surface area contributed by atoms with Crippen LogP contribution in [0.5, 0.6) is 23.0 Å². The van der Waals surface area contributed by atoms with Crippen LogP contribution in [0.25, 0.3) is 70.6 Å². The standard InChI is InChI=1S/C52H38BNO3S/c1-27-23-40-46-41(24-27)57-48-35(53(46)50-47(56-40)32-25-28(51(2,3)4)19-22-42(32)58-50)26-38(49-45(48)31-15-9-12-18-39(31)55-49)54-36-17-11-8-14-30(36)44-37(54)21-20-34-43(44)29-13-7-10-16-33(29)52(34,5)6/h7-26H,1-6H3. The van der Waals surface area contributed by atoms with Crippen molar-refractivity contribution in [2.45, 2.75) is 52.4 Å². The van der Waals surface area contributed by atoms with Gasteiger partial charge in [0.05, 0.1) is 22.1 Å². The van der Waals surface area contributed by atoms with Crippen molar-refractivity contribution in [1.29, 1.82) is 0 Å². The van der Waals surface area contributed by atoms with Gasteiger partial charge >= 0.3 is 0 Å². The summed E-state index contributed by atoms with van der Waals surface area (Å²) in [6.45, 7) is 13.6. The van der Waals surface area contributed by atoms with E-state index in [1.54, 1.807) is 0 Å². The summed E-state index contributed by atoms with van der Waals surface area (Å²) >= 11 is 1.84. The number of aromatic nitrogens is 1. The lowest BCUT2D eigenvalue weighted by Crippen LogP contribution is -2.56. The van der Waals surface area contributed by atoms with Crippen LogP contribution in [0.1, 0.15) is 56.9 Å². The van der Waals surface area contributed by atoms with E-state index in [1.807, 2.05) is 11.3 Å². The van der Waals surface area contributed by atoms with Gasteiger partial charge in [0, 0.05) is 41.9 Å². The molecule has 0 saturated carbocycles. The molecule has 3 aromatic heterocycles. The van der Waals surface area contributed by atoms with E-state index in [0.717, 1.165) is 78.1 Å². The Balaban J connectivity index is 1.17. The van der Waals surface area contributed by atoms with Gasteiger partial charge in [0.15, 0.2) is 5.58 Å². The van der Waals surface area contributed by atoms with Crippen LogP contribution in [0.2, 0.25) is 0 Å². The van der Waals surface area contributed by atoms with Gasteiger partial charge in [-0.25, -0.2) is 0 Å². The second-order valence-corrected chi connectivity index (χ2v) is 19.2. The number of furan rings is 1. The molecule has 0 bridgehead atoms. The Labute approximate surface area is 340 Å². The van der Waals surface area contributed by atoms with Gasteiger partial charge < -0.3 is 18.5 Å². The molecular formula is C52H38BNO3S. The lowest BCUT2D eigenvalue weighted by Gasteiger charge is -2.32. The first-order valence-corrected chi connectivity index (χ1v) is 21.1. The average Bonchev–Trinajstić information content (AvgIpc) is 3.94. The van der Waals surface area contributed by atoms with Gasteiger partial charge in [-0.05, 0) is 99.7 Å². The third-order valence-corrected chi connectivity index (χ3v) is 14.5. The molecule has 10 aromatic rings. The van der Waals surface area contributed by atoms with Crippen molar-refractivity contribution in [3.05, 3.63) is 144 Å². The molecule has 7 aromatic carbocycles. The van der Waals surface area contributed by atoms with Crippen LogP contribution < -0.4 is 25.2 Å². The van der Waals surface area contributed by atoms with Crippen molar-refractivity contribution >= 4 is 87.6 Å². The van der Waals surface area contributed by atoms with Crippen LogP contribution in [0, 0.1) is 6.92 Å². The van der Waals surface area contributed by atoms with Crippen LogP contribution in [0.3, 0.4) is 0 Å². The number of ether oxygens (including phenoxy) is 2. The quantitative estimate of drug-likeness (QED) is 0.156. The molecule has 3 aliphatic rings. The number of nitrogens with zero attached hydrogens (tertiary/aromatic N) is 1. The topological polar surface area (TPSA) is 36.5 Å². The summed E-state index contributed by atoms with van der Waals surface area (Å²) in [4.78, 5) is 0. The number of fused-ring (bicyclic) bond motifs is 17. The highest BCUT2D eigenvalue weighted by Gasteiger charge is 2.45. The fourth-order valence-corrected chi connectivity index (χ4v) is 11.8. The predicted octanol–water partition coefficient (Wildman–Crippen LogP) is 12.5. The Morgan fingerprint density at radius 1 is 0.672 bits per heavy atom. The number of aryl methyl sites for hydroxylation is 1. The molecule has 5 heterocycles.